The molecule has 8 nitrogen and oxygen atoms in total. The summed E-state index contributed by atoms with van der Waals surface area (Å²) in [6, 6.07) is 9.23. The van der Waals surface area contributed by atoms with Gasteiger partial charge in [0.2, 0.25) is 5.89 Å². The molecule has 5 heterocycles. The molecule has 0 spiro atoms. The first-order valence-electron chi connectivity index (χ1n) is 9.04. The number of H-pyrrole nitrogens is 1. The standard InChI is InChI=1S/C19H17N5O3S/c25-19(14-10-13(20-21-14)15-5-2-8-26-15)24-7-1-4-12(11-24)17-22-23-18(27-17)16-6-3-9-28-16/h2-3,5-6,8-10,12H,1,4,7,11H2,(H,20,21)/t12-/m0/s1. The average Bonchev–Trinajstić information content (AvgIpc) is 3.52. The van der Waals surface area contributed by atoms with Crippen LogP contribution in [0.25, 0.3) is 22.2 Å². The SMILES string of the molecule is O=C(c1cc(-c2ccco2)[nH]n1)N1CCC[C@H](c2nnc(-c3cccs3)o2)C1. The average molecular weight is 395 g/mol. The molecule has 0 unspecified atom stereocenters. The third kappa shape index (κ3) is 3.13. The maximum atomic E-state index is 12.9. The van der Waals surface area contributed by atoms with E-state index < -0.39 is 0 Å². The molecule has 0 radical (unpaired) electrons. The molecule has 0 bridgehead atoms. The van der Waals surface area contributed by atoms with Gasteiger partial charge in [-0.25, -0.2) is 0 Å². The zero-order valence-corrected chi connectivity index (χ0v) is 15.7. The fourth-order valence-electron chi connectivity index (χ4n) is 3.41. The number of aromatic amines is 1. The summed E-state index contributed by atoms with van der Waals surface area (Å²) >= 11 is 1.56. The Bertz CT molecular complexity index is 1070. The Balaban J connectivity index is 1.31. The van der Waals surface area contributed by atoms with E-state index in [1.54, 1.807) is 34.6 Å². The van der Waals surface area contributed by atoms with Crippen molar-refractivity contribution in [2.75, 3.05) is 13.1 Å². The third-order valence-electron chi connectivity index (χ3n) is 4.81. The van der Waals surface area contributed by atoms with Crippen molar-refractivity contribution in [1.29, 1.82) is 0 Å². The van der Waals surface area contributed by atoms with E-state index in [9.17, 15) is 4.79 Å². The van der Waals surface area contributed by atoms with E-state index in [2.05, 4.69) is 20.4 Å². The second-order valence-corrected chi connectivity index (χ2v) is 7.60. The van der Waals surface area contributed by atoms with Gasteiger partial charge in [-0.2, -0.15) is 5.10 Å². The van der Waals surface area contributed by atoms with Gasteiger partial charge < -0.3 is 13.7 Å². The summed E-state index contributed by atoms with van der Waals surface area (Å²) in [6.45, 7) is 1.22. The van der Waals surface area contributed by atoms with Gasteiger partial charge in [-0.3, -0.25) is 9.89 Å². The molecule has 1 aliphatic heterocycles. The summed E-state index contributed by atoms with van der Waals surface area (Å²) < 4.78 is 11.2. The number of aromatic nitrogens is 4. The van der Waals surface area contributed by atoms with E-state index in [4.69, 9.17) is 8.83 Å². The van der Waals surface area contributed by atoms with Crippen LogP contribution in [0.4, 0.5) is 0 Å². The van der Waals surface area contributed by atoms with Crippen molar-refractivity contribution in [3.8, 4) is 22.2 Å². The largest absolute Gasteiger partial charge is 0.463 e. The minimum atomic E-state index is -0.114. The van der Waals surface area contributed by atoms with Crippen LogP contribution in [-0.2, 0) is 0 Å². The fraction of sp³-hybridized carbons (Fsp3) is 0.263. The highest BCUT2D eigenvalue weighted by Gasteiger charge is 2.30. The molecule has 1 N–H and O–H groups in total. The number of amides is 1. The number of nitrogens with one attached hydrogen (secondary N) is 1. The van der Waals surface area contributed by atoms with Gasteiger partial charge in [0, 0.05) is 19.2 Å². The van der Waals surface area contributed by atoms with Gasteiger partial charge in [-0.15, -0.1) is 21.5 Å². The molecule has 28 heavy (non-hydrogen) atoms. The van der Waals surface area contributed by atoms with Crippen LogP contribution in [0.3, 0.4) is 0 Å². The van der Waals surface area contributed by atoms with Crippen molar-refractivity contribution in [1.82, 2.24) is 25.3 Å². The van der Waals surface area contributed by atoms with E-state index in [1.165, 1.54) is 0 Å². The summed E-state index contributed by atoms with van der Waals surface area (Å²) in [5, 5.41) is 17.4. The highest BCUT2D eigenvalue weighted by atomic mass is 32.1. The summed E-state index contributed by atoms with van der Waals surface area (Å²) in [6.07, 6.45) is 3.37. The smallest absolute Gasteiger partial charge is 0.274 e. The van der Waals surface area contributed by atoms with Gasteiger partial charge >= 0.3 is 0 Å². The normalized spacial score (nSPS) is 17.1. The van der Waals surface area contributed by atoms with Crippen LogP contribution in [-0.4, -0.2) is 44.3 Å². The highest BCUT2D eigenvalue weighted by Crippen LogP contribution is 2.30. The molecule has 5 rings (SSSR count). The number of rotatable bonds is 4. The Kier molecular flexibility index (Phi) is 4.28. The van der Waals surface area contributed by atoms with Gasteiger partial charge in [0.15, 0.2) is 11.5 Å². The lowest BCUT2D eigenvalue weighted by Gasteiger charge is -2.30. The fourth-order valence-corrected chi connectivity index (χ4v) is 4.06. The predicted molar refractivity (Wildman–Crippen MR) is 102 cm³/mol. The van der Waals surface area contributed by atoms with Gasteiger partial charge in [-0.1, -0.05) is 6.07 Å². The Morgan fingerprint density at radius 2 is 2.25 bits per heavy atom. The molecular weight excluding hydrogens is 378 g/mol. The van der Waals surface area contributed by atoms with Crippen molar-refractivity contribution in [3.05, 3.63) is 53.6 Å². The van der Waals surface area contributed by atoms with E-state index in [0.29, 0.717) is 42.0 Å². The quantitative estimate of drug-likeness (QED) is 0.564. The molecule has 4 aromatic rings. The zero-order valence-electron chi connectivity index (χ0n) is 14.9. The van der Waals surface area contributed by atoms with Crippen LogP contribution in [0.5, 0.6) is 0 Å². The number of likely N-dealkylation sites (tertiary alicyclic amines) is 1. The summed E-state index contributed by atoms with van der Waals surface area (Å²) in [7, 11) is 0. The number of furan rings is 1. The Hall–Kier alpha value is -3.20. The number of carbonyl (C=O) groups excluding carboxylic acids is 1. The monoisotopic (exact) mass is 395 g/mol. The van der Waals surface area contributed by atoms with Crippen molar-refractivity contribution in [2.24, 2.45) is 0 Å². The molecule has 0 aliphatic carbocycles. The molecule has 1 atom stereocenters. The molecule has 4 aromatic heterocycles. The van der Waals surface area contributed by atoms with Crippen molar-refractivity contribution >= 4 is 17.2 Å². The molecule has 0 saturated carbocycles. The van der Waals surface area contributed by atoms with Gasteiger partial charge in [0.1, 0.15) is 5.69 Å². The van der Waals surface area contributed by atoms with Gasteiger partial charge in [-0.05, 0) is 36.4 Å². The maximum Gasteiger partial charge on any atom is 0.274 e. The lowest BCUT2D eigenvalue weighted by atomic mass is 9.98. The van der Waals surface area contributed by atoms with Crippen molar-refractivity contribution in [3.63, 3.8) is 0 Å². The van der Waals surface area contributed by atoms with Crippen molar-refractivity contribution in [2.45, 2.75) is 18.8 Å². The second-order valence-electron chi connectivity index (χ2n) is 6.66. The minimum absolute atomic E-state index is 0.0300. The first kappa shape index (κ1) is 16.9. The molecule has 142 valence electrons. The van der Waals surface area contributed by atoms with E-state index in [1.807, 2.05) is 23.6 Å². The Morgan fingerprint density at radius 3 is 3.07 bits per heavy atom. The van der Waals surface area contributed by atoms with Crippen LogP contribution in [0.2, 0.25) is 0 Å². The third-order valence-corrected chi connectivity index (χ3v) is 5.67. The first-order valence-corrected chi connectivity index (χ1v) is 9.92. The van der Waals surface area contributed by atoms with Crippen LogP contribution in [0, 0.1) is 0 Å². The maximum absolute atomic E-state index is 12.9. The van der Waals surface area contributed by atoms with E-state index in [-0.39, 0.29) is 11.8 Å². The van der Waals surface area contributed by atoms with Crippen molar-refractivity contribution < 1.29 is 13.6 Å². The van der Waals surface area contributed by atoms with E-state index in [0.717, 1.165) is 17.7 Å². The van der Waals surface area contributed by atoms with Crippen LogP contribution < -0.4 is 0 Å². The molecule has 1 aliphatic rings. The number of carbonyl (C=O) groups is 1. The molecular formula is C19H17N5O3S. The molecule has 9 heteroatoms. The molecule has 1 amide bonds. The number of thiophene rings is 1. The first-order chi connectivity index (χ1) is 13.8. The molecule has 1 saturated heterocycles. The van der Waals surface area contributed by atoms with Gasteiger partial charge in [0.05, 0.1) is 17.1 Å². The topological polar surface area (TPSA) is 101 Å². The minimum Gasteiger partial charge on any atom is -0.463 e. The molecule has 1 fully saturated rings. The van der Waals surface area contributed by atoms with Crippen LogP contribution in [0.15, 0.2) is 50.8 Å². The van der Waals surface area contributed by atoms with Crippen LogP contribution >= 0.6 is 11.3 Å². The number of piperidine rings is 1. The number of hydrogen-bond acceptors (Lipinski definition) is 7. The summed E-state index contributed by atoms with van der Waals surface area (Å²) in [5.74, 6) is 1.68. The summed E-state index contributed by atoms with van der Waals surface area (Å²) in [5.41, 5.74) is 1.05. The molecule has 0 aromatic carbocycles. The highest BCUT2D eigenvalue weighted by molar-refractivity contribution is 7.13. The predicted octanol–water partition coefficient (Wildman–Crippen LogP) is 3.80. The lowest BCUT2D eigenvalue weighted by molar-refractivity contribution is 0.0692. The zero-order chi connectivity index (χ0) is 18.9. The number of hydrogen-bond donors (Lipinski definition) is 1. The number of nitrogens with zero attached hydrogens (tertiary/aromatic N) is 4. The Labute approximate surface area is 164 Å². The lowest BCUT2D eigenvalue weighted by Crippen LogP contribution is -2.39. The second kappa shape index (κ2) is 7.08. The Morgan fingerprint density at radius 1 is 1.29 bits per heavy atom. The van der Waals surface area contributed by atoms with Crippen LogP contribution in [0.1, 0.15) is 35.1 Å². The van der Waals surface area contributed by atoms with Gasteiger partial charge in [0.25, 0.3) is 11.8 Å². The van der Waals surface area contributed by atoms with E-state index >= 15 is 0 Å². The summed E-state index contributed by atoms with van der Waals surface area (Å²) in [4.78, 5) is 15.6.